The number of aromatic nitrogens is 4. The van der Waals surface area contributed by atoms with Gasteiger partial charge in [0, 0.05) is 6.92 Å². The van der Waals surface area contributed by atoms with E-state index in [1.807, 2.05) is 0 Å². The minimum absolute atomic E-state index is 0.110. The van der Waals surface area contributed by atoms with Gasteiger partial charge >= 0.3 is 0 Å². The number of hydrogen-bond acceptors (Lipinski definition) is 6. The molecule has 0 spiro atoms. The van der Waals surface area contributed by atoms with Gasteiger partial charge in [-0.15, -0.1) is 0 Å². The molecule has 9 heteroatoms. The third-order valence-electron chi connectivity index (χ3n) is 2.90. The zero-order valence-electron chi connectivity index (χ0n) is 9.95. The van der Waals surface area contributed by atoms with Gasteiger partial charge in [0.2, 0.25) is 0 Å². The molecule has 3 rings (SSSR count). The van der Waals surface area contributed by atoms with Crippen LogP contribution in [0.5, 0.6) is 0 Å². The number of halogens is 1. The minimum atomic E-state index is -0.949. The maximum Gasteiger partial charge on any atom is 0.283 e. The Morgan fingerprint density at radius 2 is 1.45 bits per heavy atom. The van der Waals surface area contributed by atoms with E-state index in [1.54, 1.807) is 0 Å². The largest absolute Gasteiger partial charge is 0.293 e. The fourth-order valence-electron chi connectivity index (χ4n) is 2.04. The molecule has 0 saturated carbocycles. The molecule has 0 fully saturated rings. The Morgan fingerprint density at radius 1 is 1.00 bits per heavy atom. The molecule has 3 aromatic rings. The first kappa shape index (κ1) is 12.4. The Labute approximate surface area is 114 Å². The van der Waals surface area contributed by atoms with E-state index in [-0.39, 0.29) is 22.4 Å². The van der Waals surface area contributed by atoms with Crippen molar-refractivity contribution >= 4 is 33.7 Å². The molecule has 100 valence electrons. The molecule has 20 heavy (non-hydrogen) atoms. The van der Waals surface area contributed by atoms with Crippen molar-refractivity contribution in [2.75, 3.05) is 0 Å². The summed E-state index contributed by atoms with van der Waals surface area (Å²) in [6.07, 6.45) is 2.08. The van der Waals surface area contributed by atoms with Gasteiger partial charge in [0.05, 0.1) is 0 Å². The predicted molar refractivity (Wildman–Crippen MR) is 67.9 cm³/mol. The summed E-state index contributed by atoms with van der Waals surface area (Å²) in [5, 5.41) is -0.949. The van der Waals surface area contributed by atoms with Gasteiger partial charge in [-0.05, 0) is 11.6 Å². The van der Waals surface area contributed by atoms with Gasteiger partial charge in [-0.1, -0.05) is 0 Å². The van der Waals surface area contributed by atoms with Crippen LogP contribution >= 0.6 is 11.6 Å². The molecule has 0 saturated heterocycles. The molecule has 0 radical (unpaired) electrons. The van der Waals surface area contributed by atoms with Crippen LogP contribution in [-0.2, 0) is 0 Å². The van der Waals surface area contributed by atoms with Crippen LogP contribution in [0, 0.1) is 0 Å². The number of hydrogen-bond donors (Lipinski definition) is 0. The molecule has 0 aromatic carbocycles. The third-order valence-corrected chi connectivity index (χ3v) is 3.08. The van der Waals surface area contributed by atoms with Crippen LogP contribution in [0.3, 0.4) is 0 Å². The summed E-state index contributed by atoms with van der Waals surface area (Å²) in [6, 6.07) is 0. The van der Waals surface area contributed by atoms with Crippen molar-refractivity contribution in [3.8, 4) is 0 Å². The van der Waals surface area contributed by atoms with Gasteiger partial charge in [-0.3, -0.25) is 28.0 Å². The highest BCUT2D eigenvalue weighted by Gasteiger charge is 2.22. The molecule has 0 aliphatic carbocycles. The van der Waals surface area contributed by atoms with Gasteiger partial charge in [0.1, 0.15) is 29.4 Å². The highest BCUT2D eigenvalue weighted by Crippen LogP contribution is 2.09. The Kier molecular flexibility index (Phi) is 2.45. The monoisotopic (exact) mass is 292 g/mol. The molecule has 3 aromatic heterocycles. The maximum absolute atomic E-state index is 12.3. The maximum atomic E-state index is 12.3. The molecule has 3 heterocycles. The molecule has 0 atom stereocenters. The molecule has 0 aliphatic heterocycles. The lowest BCUT2D eigenvalue weighted by atomic mass is 10.3. The van der Waals surface area contributed by atoms with Crippen LogP contribution in [0.15, 0.2) is 22.2 Å². The molecule has 0 amide bonds. The smallest absolute Gasteiger partial charge is 0.283 e. The van der Waals surface area contributed by atoms with Gasteiger partial charge in [-0.2, -0.15) is 0 Å². The van der Waals surface area contributed by atoms with Crippen LogP contribution in [0.25, 0.3) is 11.0 Å². The molecule has 8 nitrogen and oxygen atoms in total. The second-order valence-electron chi connectivity index (χ2n) is 4.06. The van der Waals surface area contributed by atoms with Crippen molar-refractivity contribution in [3.63, 3.8) is 0 Å². The van der Waals surface area contributed by atoms with E-state index in [1.165, 1.54) is 6.92 Å². The molecule has 0 unspecified atom stereocenters. The number of carbonyl (C=O) groups is 2. The van der Waals surface area contributed by atoms with Gasteiger partial charge < -0.3 is 0 Å². The Bertz CT molecular complexity index is 921. The second-order valence-corrected chi connectivity index (χ2v) is 4.41. The van der Waals surface area contributed by atoms with Crippen LogP contribution in [0.4, 0.5) is 0 Å². The average molecular weight is 293 g/mol. The minimum Gasteiger partial charge on any atom is -0.293 e. The lowest BCUT2D eigenvalue weighted by Crippen LogP contribution is -2.26. The summed E-state index contributed by atoms with van der Waals surface area (Å²) in [7, 11) is 0. The van der Waals surface area contributed by atoms with E-state index in [4.69, 9.17) is 11.6 Å². The quantitative estimate of drug-likeness (QED) is 0.475. The van der Waals surface area contributed by atoms with E-state index in [0.717, 1.165) is 21.5 Å². The third kappa shape index (κ3) is 1.42. The molecular weight excluding hydrogens is 288 g/mol. The van der Waals surface area contributed by atoms with Crippen LogP contribution in [0.1, 0.15) is 27.9 Å². The van der Waals surface area contributed by atoms with E-state index in [2.05, 4.69) is 9.97 Å². The van der Waals surface area contributed by atoms with Gasteiger partial charge in [0.15, 0.2) is 11.5 Å². The first-order valence-electron chi connectivity index (χ1n) is 5.38. The van der Waals surface area contributed by atoms with Crippen LogP contribution < -0.4 is 11.1 Å². The fourth-order valence-corrected chi connectivity index (χ4v) is 2.18. The van der Waals surface area contributed by atoms with Crippen LogP contribution in [-0.4, -0.2) is 29.8 Å². The average Bonchev–Trinajstić information content (AvgIpc) is 3.00. The lowest BCUT2D eigenvalue weighted by molar-refractivity contribution is 0.101. The number of fused-ring (bicyclic) bond motifs is 2. The first-order valence-corrected chi connectivity index (χ1v) is 5.76. The number of rotatable bonds is 2. The van der Waals surface area contributed by atoms with E-state index in [0.29, 0.717) is 0 Å². The standard InChI is InChI=1S/C11H5ClN4O4/c1-4(17)5-7-10(19)16-3-14-6(9(12)18)8(16)11(20)15(7)2-13-5/h2-3H,1H3. The Morgan fingerprint density at radius 3 is 1.90 bits per heavy atom. The van der Waals surface area contributed by atoms with Crippen molar-refractivity contribution in [2.24, 2.45) is 0 Å². The number of nitrogens with zero attached hydrogens (tertiary/aromatic N) is 4. The lowest BCUT2D eigenvalue weighted by Gasteiger charge is -1.97. The van der Waals surface area contributed by atoms with Gasteiger partial charge in [0.25, 0.3) is 16.4 Å². The Balaban J connectivity index is 2.65. The van der Waals surface area contributed by atoms with E-state index >= 15 is 0 Å². The summed E-state index contributed by atoms with van der Waals surface area (Å²) in [5.74, 6) is -0.447. The summed E-state index contributed by atoms with van der Waals surface area (Å²) in [6.45, 7) is 1.23. The van der Waals surface area contributed by atoms with Gasteiger partial charge in [-0.25, -0.2) is 9.97 Å². The molecule has 0 aliphatic rings. The SMILES string of the molecule is CC(=O)c1ncn2c(=O)c3c(C(=O)Cl)ncn3c(=O)c12. The molecule has 0 bridgehead atoms. The fraction of sp³-hybridized carbons (Fsp3) is 0.0909. The Hall–Kier alpha value is -2.61. The van der Waals surface area contributed by atoms with Crippen molar-refractivity contribution in [1.29, 1.82) is 0 Å². The highest BCUT2D eigenvalue weighted by atomic mass is 35.5. The summed E-state index contributed by atoms with van der Waals surface area (Å²) in [4.78, 5) is 54.6. The van der Waals surface area contributed by atoms with Crippen molar-refractivity contribution in [1.82, 2.24) is 18.8 Å². The number of Topliss-reactive ketones (excluding diaryl/α,β-unsaturated/α-hetero) is 1. The normalized spacial score (nSPS) is 11.3. The number of imidazole rings is 2. The van der Waals surface area contributed by atoms with E-state index in [9.17, 15) is 19.2 Å². The zero-order chi connectivity index (χ0) is 14.6. The zero-order valence-corrected chi connectivity index (χ0v) is 10.7. The van der Waals surface area contributed by atoms with E-state index < -0.39 is 22.1 Å². The highest BCUT2D eigenvalue weighted by molar-refractivity contribution is 6.68. The molecular formula is C11H5ClN4O4. The van der Waals surface area contributed by atoms with Crippen LogP contribution in [0.2, 0.25) is 0 Å². The van der Waals surface area contributed by atoms with Crippen molar-refractivity contribution in [2.45, 2.75) is 6.92 Å². The topological polar surface area (TPSA) is 103 Å². The molecule has 0 N–H and O–H groups in total. The van der Waals surface area contributed by atoms with Crippen molar-refractivity contribution < 1.29 is 9.59 Å². The second kappa shape index (κ2) is 3.94. The summed E-state index contributed by atoms with van der Waals surface area (Å²) < 4.78 is 1.81. The first-order chi connectivity index (χ1) is 9.43. The summed E-state index contributed by atoms with van der Waals surface area (Å²) >= 11 is 5.32. The summed E-state index contributed by atoms with van der Waals surface area (Å²) in [5.41, 5.74) is -2.17. The predicted octanol–water partition coefficient (Wildman–Crippen LogP) is -0.278. The number of ketones is 1. The number of carbonyl (C=O) groups excluding carboxylic acids is 2. The van der Waals surface area contributed by atoms with Crippen molar-refractivity contribution in [3.05, 3.63) is 44.8 Å².